The van der Waals surface area contributed by atoms with E-state index in [2.05, 4.69) is 30.1 Å². The Bertz CT molecular complexity index is 298. The highest BCUT2D eigenvalue weighted by atomic mass is 35.5. The molecular weight excluding hydrogens is 220 g/mol. The quantitative estimate of drug-likeness (QED) is 0.738. The molecule has 90 valence electrons. The van der Waals surface area contributed by atoms with Gasteiger partial charge >= 0.3 is 0 Å². The highest BCUT2D eigenvalue weighted by Gasteiger charge is 1.98. The van der Waals surface area contributed by atoms with E-state index in [-0.39, 0.29) is 0 Å². The van der Waals surface area contributed by atoms with Crippen LogP contribution in [-0.4, -0.2) is 31.1 Å². The molecule has 0 radical (unpaired) electrons. The Hall–Kier alpha value is -0.570. The first-order chi connectivity index (χ1) is 7.76. The van der Waals surface area contributed by atoms with Gasteiger partial charge in [-0.15, -0.1) is 0 Å². The van der Waals surface area contributed by atoms with Crippen LogP contribution >= 0.6 is 11.6 Å². The number of benzene rings is 1. The van der Waals surface area contributed by atoms with Crippen LogP contribution in [0.15, 0.2) is 24.3 Å². The molecule has 0 aliphatic carbocycles. The van der Waals surface area contributed by atoms with Gasteiger partial charge in [0.2, 0.25) is 0 Å². The van der Waals surface area contributed by atoms with E-state index in [0.29, 0.717) is 0 Å². The van der Waals surface area contributed by atoms with E-state index in [4.69, 9.17) is 11.6 Å². The van der Waals surface area contributed by atoms with Crippen LogP contribution < -0.4 is 5.32 Å². The summed E-state index contributed by atoms with van der Waals surface area (Å²) in [5.41, 5.74) is 1.24. The molecule has 0 amide bonds. The van der Waals surface area contributed by atoms with Crippen molar-refractivity contribution in [2.45, 2.75) is 20.4 Å². The van der Waals surface area contributed by atoms with E-state index < -0.39 is 0 Å². The van der Waals surface area contributed by atoms with Gasteiger partial charge in [-0.05, 0) is 30.8 Å². The molecule has 2 nitrogen and oxygen atoms in total. The summed E-state index contributed by atoms with van der Waals surface area (Å²) < 4.78 is 0. The molecular formula is C13H21ClN2. The van der Waals surface area contributed by atoms with Crippen LogP contribution in [0.2, 0.25) is 5.02 Å². The molecule has 0 bridgehead atoms. The van der Waals surface area contributed by atoms with Gasteiger partial charge in [-0.3, -0.25) is 0 Å². The van der Waals surface area contributed by atoms with Gasteiger partial charge in [-0.25, -0.2) is 0 Å². The van der Waals surface area contributed by atoms with Crippen LogP contribution in [-0.2, 0) is 6.54 Å². The number of halogens is 1. The van der Waals surface area contributed by atoms with Crippen LogP contribution in [0.3, 0.4) is 0 Å². The molecule has 0 aliphatic rings. The molecule has 1 N–H and O–H groups in total. The molecule has 0 fully saturated rings. The van der Waals surface area contributed by atoms with Gasteiger partial charge in [0.05, 0.1) is 0 Å². The maximum Gasteiger partial charge on any atom is 0.0409 e. The second kappa shape index (κ2) is 7.66. The van der Waals surface area contributed by atoms with Crippen LogP contribution in [0.4, 0.5) is 0 Å². The highest BCUT2D eigenvalue weighted by molar-refractivity contribution is 6.30. The maximum absolute atomic E-state index is 5.92. The molecule has 16 heavy (non-hydrogen) atoms. The fourth-order valence-electron chi connectivity index (χ4n) is 1.66. The maximum atomic E-state index is 5.92. The number of hydrogen-bond donors (Lipinski definition) is 1. The normalized spacial score (nSPS) is 11.0. The van der Waals surface area contributed by atoms with Crippen molar-refractivity contribution in [3.05, 3.63) is 34.9 Å². The van der Waals surface area contributed by atoms with Crippen molar-refractivity contribution in [3.63, 3.8) is 0 Å². The Kier molecular flexibility index (Phi) is 6.46. The average molecular weight is 241 g/mol. The first kappa shape index (κ1) is 13.5. The lowest BCUT2D eigenvalue weighted by atomic mass is 10.2. The summed E-state index contributed by atoms with van der Waals surface area (Å²) in [6.45, 7) is 9.65. The minimum atomic E-state index is 0.808. The van der Waals surface area contributed by atoms with Gasteiger partial charge in [-0.1, -0.05) is 37.6 Å². The molecule has 0 saturated heterocycles. The molecule has 1 aromatic carbocycles. The average Bonchev–Trinajstić information content (AvgIpc) is 2.29. The van der Waals surface area contributed by atoms with E-state index in [0.717, 1.165) is 37.7 Å². The third-order valence-corrected chi connectivity index (χ3v) is 2.95. The molecule has 1 aromatic rings. The second-order valence-corrected chi connectivity index (χ2v) is 4.27. The molecule has 0 heterocycles. The predicted molar refractivity (Wildman–Crippen MR) is 70.9 cm³/mol. The number of hydrogen-bond acceptors (Lipinski definition) is 2. The molecule has 0 atom stereocenters. The summed E-state index contributed by atoms with van der Waals surface area (Å²) in [6, 6.07) is 7.99. The Balaban J connectivity index is 2.20. The van der Waals surface area contributed by atoms with Crippen molar-refractivity contribution in [1.82, 2.24) is 10.2 Å². The van der Waals surface area contributed by atoms with Gasteiger partial charge in [0.1, 0.15) is 0 Å². The molecule has 0 spiro atoms. The minimum Gasteiger partial charge on any atom is -0.311 e. The molecule has 0 aliphatic heterocycles. The number of nitrogens with one attached hydrogen (secondary N) is 1. The van der Waals surface area contributed by atoms with Crippen LogP contribution in [0.1, 0.15) is 19.4 Å². The lowest BCUT2D eigenvalue weighted by Crippen LogP contribution is -2.31. The molecule has 0 unspecified atom stereocenters. The van der Waals surface area contributed by atoms with Crippen molar-refractivity contribution >= 4 is 11.6 Å². The highest BCUT2D eigenvalue weighted by Crippen LogP contribution is 2.09. The Labute approximate surface area is 104 Å². The lowest BCUT2D eigenvalue weighted by molar-refractivity contribution is 0.302. The van der Waals surface area contributed by atoms with E-state index in [1.165, 1.54) is 5.56 Å². The van der Waals surface area contributed by atoms with Crippen molar-refractivity contribution in [3.8, 4) is 0 Å². The first-order valence-corrected chi connectivity index (χ1v) is 6.31. The monoisotopic (exact) mass is 240 g/mol. The third kappa shape index (κ3) is 4.97. The standard InChI is InChI=1S/C13H21ClN2/c1-3-16(4-2)9-8-15-11-12-6-5-7-13(14)10-12/h5-7,10,15H,3-4,8-9,11H2,1-2H3. The fraction of sp³-hybridized carbons (Fsp3) is 0.538. The molecule has 0 saturated carbocycles. The minimum absolute atomic E-state index is 0.808. The Morgan fingerprint density at radius 2 is 2.00 bits per heavy atom. The smallest absolute Gasteiger partial charge is 0.0409 e. The Morgan fingerprint density at radius 1 is 1.25 bits per heavy atom. The van der Waals surface area contributed by atoms with Crippen LogP contribution in [0, 0.1) is 0 Å². The largest absolute Gasteiger partial charge is 0.311 e. The zero-order valence-corrected chi connectivity index (χ0v) is 10.9. The van der Waals surface area contributed by atoms with Crippen molar-refractivity contribution in [2.75, 3.05) is 26.2 Å². The predicted octanol–water partition coefficient (Wildman–Crippen LogP) is 2.77. The number of likely N-dealkylation sites (N-methyl/N-ethyl adjacent to an activating group) is 1. The zero-order valence-electron chi connectivity index (χ0n) is 10.2. The van der Waals surface area contributed by atoms with Gasteiger partial charge in [0.15, 0.2) is 0 Å². The molecule has 3 heteroatoms. The Morgan fingerprint density at radius 3 is 2.62 bits per heavy atom. The summed E-state index contributed by atoms with van der Waals surface area (Å²) in [5, 5.41) is 4.24. The van der Waals surface area contributed by atoms with E-state index in [9.17, 15) is 0 Å². The first-order valence-electron chi connectivity index (χ1n) is 5.93. The van der Waals surface area contributed by atoms with Crippen molar-refractivity contribution < 1.29 is 0 Å². The zero-order chi connectivity index (χ0) is 11.8. The van der Waals surface area contributed by atoms with E-state index >= 15 is 0 Å². The summed E-state index contributed by atoms with van der Waals surface area (Å²) in [4.78, 5) is 2.41. The van der Waals surface area contributed by atoms with E-state index in [1.807, 2.05) is 18.2 Å². The topological polar surface area (TPSA) is 15.3 Å². The molecule has 0 aromatic heterocycles. The SMILES string of the molecule is CCN(CC)CCNCc1cccc(Cl)c1. The lowest BCUT2D eigenvalue weighted by Gasteiger charge is -2.18. The van der Waals surface area contributed by atoms with Crippen molar-refractivity contribution in [2.24, 2.45) is 0 Å². The summed E-state index contributed by atoms with van der Waals surface area (Å²) >= 11 is 5.92. The van der Waals surface area contributed by atoms with Crippen LogP contribution in [0.5, 0.6) is 0 Å². The number of nitrogens with zero attached hydrogens (tertiary/aromatic N) is 1. The molecule has 1 rings (SSSR count). The summed E-state index contributed by atoms with van der Waals surface area (Å²) in [5.74, 6) is 0. The van der Waals surface area contributed by atoms with Crippen molar-refractivity contribution in [1.29, 1.82) is 0 Å². The van der Waals surface area contributed by atoms with Gasteiger partial charge in [0, 0.05) is 24.7 Å². The number of rotatable bonds is 7. The summed E-state index contributed by atoms with van der Waals surface area (Å²) in [7, 11) is 0. The van der Waals surface area contributed by atoms with E-state index in [1.54, 1.807) is 0 Å². The van der Waals surface area contributed by atoms with Gasteiger partial charge in [-0.2, -0.15) is 0 Å². The second-order valence-electron chi connectivity index (χ2n) is 3.83. The van der Waals surface area contributed by atoms with Gasteiger partial charge in [0.25, 0.3) is 0 Å². The fourth-order valence-corrected chi connectivity index (χ4v) is 1.87. The van der Waals surface area contributed by atoms with Crippen LogP contribution in [0.25, 0.3) is 0 Å². The van der Waals surface area contributed by atoms with Gasteiger partial charge < -0.3 is 10.2 Å². The third-order valence-electron chi connectivity index (χ3n) is 2.72. The summed E-state index contributed by atoms with van der Waals surface area (Å²) in [6.07, 6.45) is 0.